The van der Waals surface area contributed by atoms with Crippen molar-refractivity contribution in [2.45, 2.75) is 45.6 Å². The van der Waals surface area contributed by atoms with Gasteiger partial charge in [-0.05, 0) is 50.7 Å². The standard InChI is InChI=1S/C15H23NO2S/c1-10-5-6-12-11(7-10)8-13(19-12)14(18)16(4)15(2,3)9-17/h8,10,17H,5-7,9H2,1-4H3. The number of amides is 1. The van der Waals surface area contributed by atoms with Crippen molar-refractivity contribution in [3.05, 3.63) is 21.4 Å². The smallest absolute Gasteiger partial charge is 0.264 e. The Morgan fingerprint density at radius 3 is 2.89 bits per heavy atom. The minimum absolute atomic E-state index is 0.0195. The van der Waals surface area contributed by atoms with Gasteiger partial charge in [-0.1, -0.05) is 6.92 Å². The van der Waals surface area contributed by atoms with Crippen molar-refractivity contribution in [3.63, 3.8) is 0 Å². The van der Waals surface area contributed by atoms with E-state index < -0.39 is 5.54 Å². The number of aryl methyl sites for hydroxylation is 1. The molecule has 0 saturated heterocycles. The van der Waals surface area contributed by atoms with Crippen molar-refractivity contribution in [1.82, 2.24) is 4.90 Å². The molecule has 1 N–H and O–H groups in total. The van der Waals surface area contributed by atoms with E-state index in [1.807, 2.05) is 13.8 Å². The normalized spacial score (nSPS) is 19.1. The molecule has 1 amide bonds. The molecule has 0 bridgehead atoms. The van der Waals surface area contributed by atoms with Crippen LogP contribution in [0.3, 0.4) is 0 Å². The Morgan fingerprint density at radius 1 is 1.58 bits per heavy atom. The van der Waals surface area contributed by atoms with E-state index in [1.54, 1.807) is 23.3 Å². The van der Waals surface area contributed by atoms with Gasteiger partial charge in [0.25, 0.3) is 5.91 Å². The zero-order valence-corrected chi connectivity index (χ0v) is 13.0. The number of carbonyl (C=O) groups excluding carboxylic acids is 1. The minimum Gasteiger partial charge on any atom is -0.394 e. The van der Waals surface area contributed by atoms with Gasteiger partial charge >= 0.3 is 0 Å². The molecule has 4 heteroatoms. The van der Waals surface area contributed by atoms with Gasteiger partial charge in [0.05, 0.1) is 17.0 Å². The van der Waals surface area contributed by atoms with Gasteiger partial charge in [0, 0.05) is 11.9 Å². The van der Waals surface area contributed by atoms with Gasteiger partial charge in [0.15, 0.2) is 0 Å². The first-order valence-electron chi connectivity index (χ1n) is 6.85. The Kier molecular flexibility index (Phi) is 4.02. The van der Waals surface area contributed by atoms with Gasteiger partial charge in [-0.15, -0.1) is 11.3 Å². The highest BCUT2D eigenvalue weighted by Crippen LogP contribution is 2.33. The highest BCUT2D eigenvalue weighted by Gasteiger charge is 2.29. The van der Waals surface area contributed by atoms with Crippen molar-refractivity contribution in [2.24, 2.45) is 5.92 Å². The lowest BCUT2D eigenvalue weighted by molar-refractivity contribution is 0.0477. The maximum absolute atomic E-state index is 12.5. The van der Waals surface area contributed by atoms with E-state index in [9.17, 15) is 9.90 Å². The summed E-state index contributed by atoms with van der Waals surface area (Å²) < 4.78 is 0. The molecule has 106 valence electrons. The highest BCUT2D eigenvalue weighted by molar-refractivity contribution is 7.14. The summed E-state index contributed by atoms with van der Waals surface area (Å²) in [6.07, 6.45) is 3.41. The fourth-order valence-corrected chi connectivity index (χ4v) is 3.54. The van der Waals surface area contributed by atoms with Crippen LogP contribution in [0.25, 0.3) is 0 Å². The molecule has 0 spiro atoms. The Hall–Kier alpha value is -0.870. The van der Waals surface area contributed by atoms with Crippen LogP contribution >= 0.6 is 11.3 Å². The van der Waals surface area contributed by atoms with E-state index >= 15 is 0 Å². The van der Waals surface area contributed by atoms with Gasteiger partial charge < -0.3 is 10.0 Å². The van der Waals surface area contributed by atoms with E-state index in [2.05, 4.69) is 13.0 Å². The van der Waals surface area contributed by atoms with Crippen molar-refractivity contribution in [1.29, 1.82) is 0 Å². The summed E-state index contributed by atoms with van der Waals surface area (Å²) in [6, 6.07) is 2.06. The zero-order chi connectivity index (χ0) is 14.2. The summed E-state index contributed by atoms with van der Waals surface area (Å²) in [5, 5.41) is 9.37. The zero-order valence-electron chi connectivity index (χ0n) is 12.2. The number of aliphatic hydroxyl groups excluding tert-OH is 1. The number of hydrogen-bond acceptors (Lipinski definition) is 3. The van der Waals surface area contributed by atoms with Crippen LogP contribution in [0.1, 0.15) is 47.3 Å². The third-order valence-corrected chi connectivity index (χ3v) is 5.36. The molecule has 0 fully saturated rings. The highest BCUT2D eigenvalue weighted by atomic mass is 32.1. The largest absolute Gasteiger partial charge is 0.394 e. The summed E-state index contributed by atoms with van der Waals surface area (Å²) in [4.78, 5) is 16.3. The van der Waals surface area contributed by atoms with Gasteiger partial charge in [0.1, 0.15) is 0 Å². The fraction of sp³-hybridized carbons (Fsp3) is 0.667. The van der Waals surface area contributed by atoms with Crippen LogP contribution in [0, 0.1) is 5.92 Å². The number of likely N-dealkylation sites (N-methyl/N-ethyl adjacent to an activating group) is 1. The second-order valence-corrected chi connectivity index (χ2v) is 7.38. The van der Waals surface area contributed by atoms with Crippen LogP contribution in [0.2, 0.25) is 0 Å². The predicted octanol–water partition coefficient (Wildman–Crippen LogP) is 2.72. The molecule has 2 rings (SSSR count). The van der Waals surface area contributed by atoms with Crippen molar-refractivity contribution >= 4 is 17.2 Å². The molecule has 3 nitrogen and oxygen atoms in total. The molecule has 1 aliphatic carbocycles. The molecule has 1 unspecified atom stereocenters. The molecular weight excluding hydrogens is 258 g/mol. The predicted molar refractivity (Wildman–Crippen MR) is 78.8 cm³/mol. The average molecular weight is 281 g/mol. The second-order valence-electron chi connectivity index (χ2n) is 6.24. The van der Waals surface area contributed by atoms with Crippen LogP contribution in [0.5, 0.6) is 0 Å². The number of aliphatic hydroxyl groups is 1. The van der Waals surface area contributed by atoms with Crippen LogP contribution < -0.4 is 0 Å². The molecule has 19 heavy (non-hydrogen) atoms. The lowest BCUT2D eigenvalue weighted by Gasteiger charge is -2.33. The van der Waals surface area contributed by atoms with E-state index in [-0.39, 0.29) is 12.5 Å². The van der Waals surface area contributed by atoms with Crippen molar-refractivity contribution in [2.75, 3.05) is 13.7 Å². The summed E-state index contributed by atoms with van der Waals surface area (Å²) in [5.41, 5.74) is 0.830. The molecule has 0 radical (unpaired) electrons. The number of carbonyl (C=O) groups is 1. The summed E-state index contributed by atoms with van der Waals surface area (Å²) in [5.74, 6) is 0.739. The Bertz CT molecular complexity index is 478. The van der Waals surface area contributed by atoms with Gasteiger partial charge in [-0.25, -0.2) is 0 Å². The van der Waals surface area contributed by atoms with Gasteiger partial charge in [0.2, 0.25) is 0 Å². The molecule has 0 aliphatic heterocycles. The lowest BCUT2D eigenvalue weighted by atomic mass is 9.90. The van der Waals surface area contributed by atoms with Crippen LogP contribution in [-0.2, 0) is 12.8 Å². The first kappa shape index (κ1) is 14.5. The van der Waals surface area contributed by atoms with E-state index in [4.69, 9.17) is 0 Å². The minimum atomic E-state index is -0.519. The summed E-state index contributed by atoms with van der Waals surface area (Å²) >= 11 is 1.63. The van der Waals surface area contributed by atoms with Crippen molar-refractivity contribution < 1.29 is 9.90 Å². The van der Waals surface area contributed by atoms with E-state index in [0.29, 0.717) is 0 Å². The van der Waals surface area contributed by atoms with E-state index in [0.717, 1.165) is 23.6 Å². The molecule has 0 aromatic carbocycles. The van der Waals surface area contributed by atoms with Gasteiger partial charge in [-0.2, -0.15) is 0 Å². The average Bonchev–Trinajstić information content (AvgIpc) is 2.79. The van der Waals surface area contributed by atoms with Gasteiger partial charge in [-0.3, -0.25) is 4.79 Å². The third-order valence-electron chi connectivity index (χ3n) is 4.14. The topological polar surface area (TPSA) is 40.5 Å². The number of rotatable bonds is 3. The molecule has 1 heterocycles. The summed E-state index contributed by atoms with van der Waals surface area (Å²) in [6.45, 7) is 5.99. The Balaban J connectivity index is 2.21. The molecule has 1 aliphatic rings. The van der Waals surface area contributed by atoms with E-state index in [1.165, 1.54) is 16.9 Å². The van der Waals surface area contributed by atoms with Crippen LogP contribution in [0.4, 0.5) is 0 Å². The molecule has 0 saturated carbocycles. The second kappa shape index (κ2) is 5.25. The number of thiophene rings is 1. The summed E-state index contributed by atoms with van der Waals surface area (Å²) in [7, 11) is 1.76. The Morgan fingerprint density at radius 2 is 2.26 bits per heavy atom. The first-order valence-corrected chi connectivity index (χ1v) is 7.67. The number of nitrogens with zero attached hydrogens (tertiary/aromatic N) is 1. The third kappa shape index (κ3) is 2.84. The molecule has 1 aromatic rings. The molecular formula is C15H23NO2S. The lowest BCUT2D eigenvalue weighted by Crippen LogP contribution is -2.47. The van der Waals surface area contributed by atoms with Crippen LogP contribution in [-0.4, -0.2) is 35.1 Å². The SMILES string of the molecule is CC1CCc2sc(C(=O)N(C)C(C)(C)CO)cc2C1. The Labute approximate surface area is 119 Å². The maximum atomic E-state index is 12.5. The quantitative estimate of drug-likeness (QED) is 0.925. The monoisotopic (exact) mass is 281 g/mol. The van der Waals surface area contributed by atoms with Crippen molar-refractivity contribution in [3.8, 4) is 0 Å². The maximum Gasteiger partial charge on any atom is 0.264 e. The fourth-order valence-electron chi connectivity index (χ4n) is 2.36. The first-order chi connectivity index (χ1) is 8.85. The van der Waals surface area contributed by atoms with Crippen LogP contribution in [0.15, 0.2) is 6.07 Å². The molecule has 1 atom stereocenters. The number of hydrogen-bond donors (Lipinski definition) is 1. The molecule has 1 aromatic heterocycles. The number of fused-ring (bicyclic) bond motifs is 1.